The average molecular weight is 254 g/mol. The lowest BCUT2D eigenvalue weighted by Crippen LogP contribution is -2.25. The van der Waals surface area contributed by atoms with E-state index >= 15 is 0 Å². The molecule has 1 aromatic rings. The molecule has 3 nitrogen and oxygen atoms in total. The molecule has 0 radical (unpaired) electrons. The largest absolute Gasteiger partial charge is 0.377 e. The van der Waals surface area contributed by atoms with Crippen LogP contribution in [0.5, 0.6) is 0 Å². The van der Waals surface area contributed by atoms with Gasteiger partial charge in [-0.05, 0) is 26.0 Å². The zero-order valence-corrected chi connectivity index (χ0v) is 10.7. The first kappa shape index (κ1) is 14.4. The quantitative estimate of drug-likeness (QED) is 0.810. The van der Waals surface area contributed by atoms with Crippen LogP contribution in [0.2, 0.25) is 0 Å². The van der Waals surface area contributed by atoms with Gasteiger partial charge >= 0.3 is 0 Å². The van der Waals surface area contributed by atoms with E-state index in [-0.39, 0.29) is 17.4 Å². The predicted octanol–water partition coefficient (Wildman–Crippen LogP) is 2.70. The van der Waals surface area contributed by atoms with Crippen molar-refractivity contribution in [3.63, 3.8) is 0 Å². The number of nitriles is 1. The van der Waals surface area contributed by atoms with Crippen molar-refractivity contribution in [3.8, 4) is 6.07 Å². The maximum atomic E-state index is 13.7. The molecule has 1 aromatic carbocycles. The molecule has 98 valence electrons. The Balaban J connectivity index is 2.80. The van der Waals surface area contributed by atoms with Crippen LogP contribution in [0, 0.1) is 23.0 Å². The number of likely N-dealkylation sites (N-methyl/N-ethyl adjacent to an activating group) is 1. The van der Waals surface area contributed by atoms with Crippen LogP contribution in [0.1, 0.15) is 19.4 Å². The number of hydrogen-bond donors (Lipinski definition) is 0. The molecule has 0 bridgehead atoms. The molecule has 0 amide bonds. The van der Waals surface area contributed by atoms with Gasteiger partial charge in [0, 0.05) is 13.6 Å². The number of nitrogens with zero attached hydrogens (tertiary/aromatic N) is 2. The van der Waals surface area contributed by atoms with Crippen molar-refractivity contribution in [1.29, 1.82) is 5.26 Å². The summed E-state index contributed by atoms with van der Waals surface area (Å²) >= 11 is 0. The number of benzene rings is 1. The van der Waals surface area contributed by atoms with Crippen LogP contribution in [-0.2, 0) is 4.74 Å². The van der Waals surface area contributed by atoms with E-state index in [2.05, 4.69) is 0 Å². The van der Waals surface area contributed by atoms with E-state index in [4.69, 9.17) is 10.00 Å². The number of anilines is 1. The number of rotatable bonds is 5. The van der Waals surface area contributed by atoms with Crippen LogP contribution in [0.3, 0.4) is 0 Å². The maximum absolute atomic E-state index is 13.7. The summed E-state index contributed by atoms with van der Waals surface area (Å²) < 4.78 is 32.6. The van der Waals surface area contributed by atoms with E-state index in [1.807, 2.05) is 13.8 Å². The van der Waals surface area contributed by atoms with Gasteiger partial charge in [-0.15, -0.1) is 0 Å². The van der Waals surface area contributed by atoms with Crippen LogP contribution in [-0.4, -0.2) is 26.3 Å². The predicted molar refractivity (Wildman–Crippen MR) is 65.4 cm³/mol. The zero-order chi connectivity index (χ0) is 13.7. The van der Waals surface area contributed by atoms with Gasteiger partial charge in [0.05, 0.1) is 24.3 Å². The summed E-state index contributed by atoms with van der Waals surface area (Å²) in [5.74, 6) is -1.47. The highest BCUT2D eigenvalue weighted by atomic mass is 19.1. The van der Waals surface area contributed by atoms with Gasteiger partial charge in [-0.1, -0.05) is 0 Å². The Labute approximate surface area is 106 Å². The second kappa shape index (κ2) is 6.31. The molecule has 0 saturated heterocycles. The van der Waals surface area contributed by atoms with Gasteiger partial charge in [0.2, 0.25) is 0 Å². The van der Waals surface area contributed by atoms with Gasteiger partial charge in [-0.25, -0.2) is 8.78 Å². The van der Waals surface area contributed by atoms with Crippen LogP contribution in [0.15, 0.2) is 12.1 Å². The summed E-state index contributed by atoms with van der Waals surface area (Å²) in [6, 6.07) is 3.76. The van der Waals surface area contributed by atoms with Gasteiger partial charge in [-0.3, -0.25) is 0 Å². The van der Waals surface area contributed by atoms with E-state index in [1.54, 1.807) is 13.1 Å². The van der Waals surface area contributed by atoms with Crippen molar-refractivity contribution in [2.75, 3.05) is 25.1 Å². The molecule has 0 N–H and O–H groups in total. The minimum atomic E-state index is -0.737. The Kier molecular flexibility index (Phi) is 5.05. The van der Waals surface area contributed by atoms with E-state index < -0.39 is 11.6 Å². The minimum Gasteiger partial charge on any atom is -0.377 e. The molecule has 0 atom stereocenters. The Bertz CT molecular complexity index is 432. The Morgan fingerprint density at radius 1 is 1.33 bits per heavy atom. The molecule has 0 fully saturated rings. The monoisotopic (exact) mass is 254 g/mol. The number of halogens is 2. The molecule has 0 heterocycles. The van der Waals surface area contributed by atoms with Crippen molar-refractivity contribution in [3.05, 3.63) is 29.3 Å². The topological polar surface area (TPSA) is 36.3 Å². The van der Waals surface area contributed by atoms with E-state index in [9.17, 15) is 8.78 Å². The third-order valence-corrected chi connectivity index (χ3v) is 2.41. The van der Waals surface area contributed by atoms with Crippen LogP contribution in [0.25, 0.3) is 0 Å². The minimum absolute atomic E-state index is 0.0272. The average Bonchev–Trinajstić information content (AvgIpc) is 2.27. The van der Waals surface area contributed by atoms with Gasteiger partial charge in [0.15, 0.2) is 11.6 Å². The molecule has 5 heteroatoms. The molecule has 0 aromatic heterocycles. The molecule has 18 heavy (non-hydrogen) atoms. The lowest BCUT2D eigenvalue weighted by molar-refractivity contribution is 0.0845. The smallest absolute Gasteiger partial charge is 0.150 e. The summed E-state index contributed by atoms with van der Waals surface area (Å²) in [5.41, 5.74) is -0.165. The number of hydrogen-bond acceptors (Lipinski definition) is 3. The zero-order valence-electron chi connectivity index (χ0n) is 10.7. The van der Waals surface area contributed by atoms with Crippen LogP contribution >= 0.6 is 0 Å². The van der Waals surface area contributed by atoms with Crippen molar-refractivity contribution in [2.24, 2.45) is 0 Å². The van der Waals surface area contributed by atoms with Crippen molar-refractivity contribution in [1.82, 2.24) is 0 Å². The summed E-state index contributed by atoms with van der Waals surface area (Å²) in [4.78, 5) is 1.44. The van der Waals surface area contributed by atoms with Gasteiger partial charge < -0.3 is 9.64 Å². The van der Waals surface area contributed by atoms with Crippen molar-refractivity contribution in [2.45, 2.75) is 20.0 Å². The fourth-order valence-corrected chi connectivity index (χ4v) is 1.53. The van der Waals surface area contributed by atoms with Crippen molar-refractivity contribution >= 4 is 5.69 Å². The standard InChI is InChI=1S/C13H16F2N2O/c1-9(2)18-5-4-17(3)13-11(14)6-10(8-16)7-12(13)15/h6-7,9H,4-5H2,1-3H3. The molecule has 0 aliphatic rings. The van der Waals surface area contributed by atoms with Crippen LogP contribution in [0.4, 0.5) is 14.5 Å². The first-order valence-corrected chi connectivity index (χ1v) is 5.67. The Morgan fingerprint density at radius 2 is 1.89 bits per heavy atom. The molecule has 0 aliphatic heterocycles. The summed E-state index contributed by atoms with van der Waals surface area (Å²) in [6.07, 6.45) is 0.0778. The molecule has 1 rings (SSSR count). The highest BCUT2D eigenvalue weighted by molar-refractivity contribution is 5.52. The highest BCUT2D eigenvalue weighted by Gasteiger charge is 2.15. The maximum Gasteiger partial charge on any atom is 0.150 e. The van der Waals surface area contributed by atoms with E-state index in [0.29, 0.717) is 13.2 Å². The summed E-state index contributed by atoms with van der Waals surface area (Å²) in [7, 11) is 1.58. The van der Waals surface area contributed by atoms with Crippen molar-refractivity contribution < 1.29 is 13.5 Å². The van der Waals surface area contributed by atoms with Gasteiger partial charge in [0.1, 0.15) is 5.69 Å². The fraction of sp³-hybridized carbons (Fsp3) is 0.462. The van der Waals surface area contributed by atoms with E-state index in [0.717, 1.165) is 12.1 Å². The summed E-state index contributed by atoms with van der Waals surface area (Å²) in [5, 5.41) is 8.60. The summed E-state index contributed by atoms with van der Waals surface area (Å²) in [6.45, 7) is 4.54. The molecule has 0 spiro atoms. The first-order chi connectivity index (χ1) is 8.45. The molecule has 0 saturated carbocycles. The molecular weight excluding hydrogens is 238 g/mol. The molecule has 0 aliphatic carbocycles. The van der Waals surface area contributed by atoms with Gasteiger partial charge in [0.25, 0.3) is 0 Å². The Hall–Kier alpha value is -1.67. The lowest BCUT2D eigenvalue weighted by atomic mass is 10.2. The third kappa shape index (κ3) is 3.67. The van der Waals surface area contributed by atoms with Gasteiger partial charge in [-0.2, -0.15) is 5.26 Å². The SMILES string of the molecule is CC(C)OCCN(C)c1c(F)cc(C#N)cc1F. The normalized spacial score (nSPS) is 10.5. The second-order valence-corrected chi connectivity index (χ2v) is 4.24. The first-order valence-electron chi connectivity index (χ1n) is 5.67. The fourth-order valence-electron chi connectivity index (χ4n) is 1.53. The molecular formula is C13H16F2N2O. The van der Waals surface area contributed by atoms with E-state index in [1.165, 1.54) is 4.90 Å². The lowest BCUT2D eigenvalue weighted by Gasteiger charge is -2.21. The number of ether oxygens (including phenoxy) is 1. The third-order valence-electron chi connectivity index (χ3n) is 2.41. The van der Waals surface area contributed by atoms with Crippen LogP contribution < -0.4 is 4.90 Å². The second-order valence-electron chi connectivity index (χ2n) is 4.24. The molecule has 0 unspecified atom stereocenters. The Morgan fingerprint density at radius 3 is 2.33 bits per heavy atom. The highest BCUT2D eigenvalue weighted by Crippen LogP contribution is 2.23.